The highest BCUT2D eigenvalue weighted by Crippen LogP contribution is 2.43. The lowest BCUT2D eigenvalue weighted by Gasteiger charge is -2.45. The van der Waals surface area contributed by atoms with Crippen LogP contribution in [-0.4, -0.2) is 31.3 Å². The van der Waals surface area contributed by atoms with E-state index in [-0.39, 0.29) is 18.1 Å². The Hall–Kier alpha value is -3.34. The number of carbonyl (C=O) groups is 1. The molecule has 5 nitrogen and oxygen atoms in total. The van der Waals surface area contributed by atoms with Gasteiger partial charge in [-0.25, -0.2) is 5.43 Å². The number of carbonyl (C=O) groups excluding carboxylic acids is 1. The summed E-state index contributed by atoms with van der Waals surface area (Å²) in [5.74, 6) is 0.862. The van der Waals surface area contributed by atoms with Crippen LogP contribution in [0.4, 0.5) is 5.69 Å². The third kappa shape index (κ3) is 4.33. The van der Waals surface area contributed by atoms with Crippen LogP contribution in [0.1, 0.15) is 49.8 Å². The van der Waals surface area contributed by atoms with Gasteiger partial charge in [0.15, 0.2) is 6.61 Å². The van der Waals surface area contributed by atoms with Crippen LogP contribution in [-0.2, 0) is 4.79 Å². The minimum absolute atomic E-state index is 0.0918. The van der Waals surface area contributed by atoms with E-state index in [1.165, 1.54) is 11.3 Å². The molecule has 0 radical (unpaired) electrons. The second-order valence-electron chi connectivity index (χ2n) is 9.30. The summed E-state index contributed by atoms with van der Waals surface area (Å²) in [5, 5.41) is 6.24. The van der Waals surface area contributed by atoms with Crippen molar-refractivity contribution in [2.24, 2.45) is 5.10 Å². The molecule has 3 aromatic carbocycles. The maximum absolute atomic E-state index is 12.3. The van der Waals surface area contributed by atoms with Crippen molar-refractivity contribution in [3.8, 4) is 5.75 Å². The van der Waals surface area contributed by atoms with E-state index in [0.717, 1.165) is 28.3 Å². The van der Waals surface area contributed by atoms with Gasteiger partial charge in [-0.2, -0.15) is 5.10 Å². The van der Waals surface area contributed by atoms with Crippen molar-refractivity contribution in [1.29, 1.82) is 0 Å². The number of hydrogen-bond acceptors (Lipinski definition) is 4. The zero-order chi connectivity index (χ0) is 22.9. The molecular formula is C27H31N3O2. The van der Waals surface area contributed by atoms with Gasteiger partial charge in [0.2, 0.25) is 0 Å². The van der Waals surface area contributed by atoms with Crippen molar-refractivity contribution in [1.82, 2.24) is 5.43 Å². The molecule has 1 aliphatic heterocycles. The van der Waals surface area contributed by atoms with E-state index < -0.39 is 0 Å². The Morgan fingerprint density at radius 2 is 1.97 bits per heavy atom. The summed E-state index contributed by atoms with van der Waals surface area (Å²) in [6.07, 6.45) is 2.82. The predicted octanol–water partition coefficient (Wildman–Crippen LogP) is 5.40. The molecule has 0 saturated heterocycles. The smallest absolute Gasteiger partial charge is 0.277 e. The third-order valence-electron chi connectivity index (χ3n) is 6.52. The first-order valence-electron chi connectivity index (χ1n) is 11.1. The Morgan fingerprint density at radius 1 is 1.22 bits per heavy atom. The van der Waals surface area contributed by atoms with E-state index in [9.17, 15) is 4.79 Å². The third-order valence-corrected chi connectivity index (χ3v) is 6.52. The minimum atomic E-state index is -0.292. The molecule has 0 fully saturated rings. The monoisotopic (exact) mass is 429 g/mol. The summed E-state index contributed by atoms with van der Waals surface area (Å²) in [6.45, 7) is 8.83. The highest BCUT2D eigenvalue weighted by molar-refractivity contribution is 5.89. The molecule has 1 amide bonds. The lowest BCUT2D eigenvalue weighted by atomic mass is 9.79. The molecule has 3 aromatic rings. The average Bonchev–Trinajstić information content (AvgIpc) is 2.76. The van der Waals surface area contributed by atoms with Crippen molar-refractivity contribution < 1.29 is 9.53 Å². The van der Waals surface area contributed by atoms with Gasteiger partial charge in [0.1, 0.15) is 5.75 Å². The Balaban J connectivity index is 1.42. The first-order valence-corrected chi connectivity index (χ1v) is 11.1. The zero-order valence-corrected chi connectivity index (χ0v) is 19.5. The number of aryl methyl sites for hydroxylation is 1. The summed E-state index contributed by atoms with van der Waals surface area (Å²) in [5.41, 5.74) is 7.46. The number of anilines is 1. The maximum atomic E-state index is 12.3. The Bertz CT molecular complexity index is 1180. The number of hydrazone groups is 1. The highest BCUT2D eigenvalue weighted by atomic mass is 16.5. The Labute approximate surface area is 190 Å². The van der Waals surface area contributed by atoms with Gasteiger partial charge in [-0.3, -0.25) is 4.79 Å². The molecule has 1 aliphatic rings. The van der Waals surface area contributed by atoms with Gasteiger partial charge in [0, 0.05) is 23.7 Å². The van der Waals surface area contributed by atoms with Crippen LogP contribution in [0.5, 0.6) is 5.75 Å². The Kier molecular flexibility index (Phi) is 5.92. The fraction of sp³-hybridized carbons (Fsp3) is 0.333. The molecule has 1 atom stereocenters. The van der Waals surface area contributed by atoms with Crippen molar-refractivity contribution in [2.45, 2.75) is 45.6 Å². The molecule has 0 aliphatic carbocycles. The summed E-state index contributed by atoms with van der Waals surface area (Å²) < 4.78 is 5.74. The van der Waals surface area contributed by atoms with Crippen LogP contribution < -0.4 is 15.1 Å². The van der Waals surface area contributed by atoms with Crippen molar-refractivity contribution in [3.63, 3.8) is 0 Å². The summed E-state index contributed by atoms with van der Waals surface area (Å²) in [4.78, 5) is 14.6. The Morgan fingerprint density at radius 3 is 2.78 bits per heavy atom. The molecule has 0 aromatic heterocycles. The lowest BCUT2D eigenvalue weighted by Crippen LogP contribution is -2.45. The number of rotatable bonds is 5. The van der Waals surface area contributed by atoms with E-state index in [1.807, 2.05) is 42.5 Å². The first-order chi connectivity index (χ1) is 15.3. The molecule has 0 spiro atoms. The highest BCUT2D eigenvalue weighted by Gasteiger charge is 2.34. The topological polar surface area (TPSA) is 53.9 Å². The van der Waals surface area contributed by atoms with Crippen molar-refractivity contribution in [3.05, 3.63) is 71.3 Å². The number of hydrogen-bond donors (Lipinski definition) is 1. The number of nitrogens with one attached hydrogen (secondary N) is 1. The standard InChI is InChI=1S/C27H31N3O2/c1-18-13-24-23(19(2)15-27(3,4)30(24)5)14-21(18)16-28-29-26(31)17-32-25-12-8-10-20-9-6-7-11-22(20)25/h6-14,16,19H,15,17H2,1-5H3,(H,29,31)/b28-16-. The molecule has 32 heavy (non-hydrogen) atoms. The molecule has 166 valence electrons. The van der Waals surface area contributed by atoms with Gasteiger partial charge < -0.3 is 9.64 Å². The van der Waals surface area contributed by atoms with Crippen LogP contribution in [0.15, 0.2) is 59.7 Å². The number of benzene rings is 3. The molecule has 0 bridgehead atoms. The quantitative estimate of drug-likeness (QED) is 0.436. The number of ether oxygens (including phenoxy) is 1. The van der Waals surface area contributed by atoms with Gasteiger partial charge in [0.25, 0.3) is 5.91 Å². The summed E-state index contributed by atoms with van der Waals surface area (Å²) in [7, 11) is 2.16. The number of nitrogens with zero attached hydrogens (tertiary/aromatic N) is 2. The van der Waals surface area contributed by atoms with Crippen LogP contribution in [0.2, 0.25) is 0 Å². The van der Waals surface area contributed by atoms with Crippen LogP contribution >= 0.6 is 0 Å². The molecular weight excluding hydrogens is 398 g/mol. The normalized spacial score (nSPS) is 17.4. The summed E-state index contributed by atoms with van der Waals surface area (Å²) in [6, 6.07) is 18.2. The van der Waals surface area contributed by atoms with Gasteiger partial charge in [-0.05, 0) is 73.4 Å². The average molecular weight is 430 g/mol. The second-order valence-corrected chi connectivity index (χ2v) is 9.30. The van der Waals surface area contributed by atoms with E-state index in [4.69, 9.17) is 4.74 Å². The largest absolute Gasteiger partial charge is 0.483 e. The van der Waals surface area contributed by atoms with E-state index in [2.05, 4.69) is 62.3 Å². The molecule has 4 rings (SSSR count). The fourth-order valence-electron chi connectivity index (χ4n) is 4.54. The molecule has 0 saturated carbocycles. The van der Waals surface area contributed by atoms with Gasteiger partial charge in [0.05, 0.1) is 6.21 Å². The van der Waals surface area contributed by atoms with Gasteiger partial charge in [-0.15, -0.1) is 0 Å². The predicted molar refractivity (Wildman–Crippen MR) is 132 cm³/mol. The summed E-state index contributed by atoms with van der Waals surface area (Å²) >= 11 is 0. The number of fused-ring (bicyclic) bond motifs is 2. The van der Waals surface area contributed by atoms with Gasteiger partial charge in [-0.1, -0.05) is 43.3 Å². The van der Waals surface area contributed by atoms with E-state index in [0.29, 0.717) is 11.7 Å². The molecule has 5 heteroatoms. The second kappa shape index (κ2) is 8.65. The van der Waals surface area contributed by atoms with Crippen LogP contribution in [0.25, 0.3) is 10.8 Å². The molecule has 1 heterocycles. The maximum Gasteiger partial charge on any atom is 0.277 e. The first kappa shape index (κ1) is 21.9. The number of amides is 1. The fourth-order valence-corrected chi connectivity index (χ4v) is 4.54. The van der Waals surface area contributed by atoms with Crippen LogP contribution in [0, 0.1) is 6.92 Å². The van der Waals surface area contributed by atoms with E-state index >= 15 is 0 Å². The lowest BCUT2D eigenvalue weighted by molar-refractivity contribution is -0.123. The minimum Gasteiger partial charge on any atom is -0.483 e. The molecule has 1 unspecified atom stereocenters. The zero-order valence-electron chi connectivity index (χ0n) is 19.5. The van der Waals surface area contributed by atoms with E-state index in [1.54, 1.807) is 6.21 Å². The van der Waals surface area contributed by atoms with Crippen molar-refractivity contribution >= 4 is 28.6 Å². The molecule has 1 N–H and O–H groups in total. The van der Waals surface area contributed by atoms with Crippen LogP contribution in [0.3, 0.4) is 0 Å². The SMILES string of the molecule is Cc1cc2c(cc1/C=N\NC(=O)COc1cccc3ccccc13)C(C)CC(C)(C)N2C. The van der Waals surface area contributed by atoms with Gasteiger partial charge >= 0.3 is 0 Å². The van der Waals surface area contributed by atoms with Crippen molar-refractivity contribution in [2.75, 3.05) is 18.6 Å².